The van der Waals surface area contributed by atoms with Crippen LogP contribution in [0.4, 0.5) is 0 Å². The molecule has 0 saturated carbocycles. The topological polar surface area (TPSA) is 127 Å². The predicted octanol–water partition coefficient (Wildman–Crippen LogP) is 3.79. The van der Waals surface area contributed by atoms with Crippen molar-refractivity contribution in [2.45, 2.75) is 31.2 Å². The molecule has 11 heteroatoms. The molecule has 4 rings (SSSR count). The highest BCUT2D eigenvalue weighted by molar-refractivity contribution is 7.91. The van der Waals surface area contributed by atoms with Gasteiger partial charge < -0.3 is 10.1 Å². The normalized spacial score (nSPS) is 18.1. The molecule has 1 aliphatic carbocycles. The highest BCUT2D eigenvalue weighted by Crippen LogP contribution is 2.32. The number of carbonyl (C=O) groups is 2. The van der Waals surface area contributed by atoms with Gasteiger partial charge >= 0.3 is 5.97 Å². The quantitative estimate of drug-likeness (QED) is 0.387. The number of sulfonamides is 1. The molecule has 1 aliphatic rings. The maximum Gasteiger partial charge on any atom is 0.324 e. The Hall–Kier alpha value is -3.67. The molecule has 0 spiro atoms. The average Bonchev–Trinajstić information content (AvgIpc) is 3.43. The third-order valence-corrected chi connectivity index (χ3v) is 8.96. The van der Waals surface area contributed by atoms with Crippen molar-refractivity contribution in [2.24, 2.45) is 5.92 Å². The summed E-state index contributed by atoms with van der Waals surface area (Å²) >= 11 is 1.26. The van der Waals surface area contributed by atoms with Crippen LogP contribution in [0, 0.1) is 5.92 Å². The molecule has 0 saturated heterocycles. The van der Waals surface area contributed by atoms with Crippen molar-refractivity contribution in [1.82, 2.24) is 20.0 Å². The summed E-state index contributed by atoms with van der Waals surface area (Å²) in [5.41, 5.74) is 2.59. The third-order valence-electron chi connectivity index (χ3n) is 6.14. The fourth-order valence-corrected chi connectivity index (χ4v) is 6.44. The summed E-state index contributed by atoms with van der Waals surface area (Å²) < 4.78 is 35.0. The molecule has 2 heterocycles. The average molecular weight is 553 g/mol. The Bertz CT molecular complexity index is 1470. The molecular formula is C27H28N4O5S2. The van der Waals surface area contributed by atoms with Crippen molar-refractivity contribution >= 4 is 38.8 Å². The van der Waals surface area contributed by atoms with Crippen molar-refractivity contribution in [3.05, 3.63) is 89.7 Å². The van der Waals surface area contributed by atoms with E-state index in [1.54, 1.807) is 55.9 Å². The lowest BCUT2D eigenvalue weighted by atomic mass is 9.96. The van der Waals surface area contributed by atoms with E-state index in [9.17, 15) is 18.0 Å². The van der Waals surface area contributed by atoms with E-state index in [2.05, 4.69) is 20.0 Å². The second-order valence-corrected chi connectivity index (χ2v) is 11.9. The minimum Gasteiger partial charge on any atom is -0.468 e. The minimum atomic E-state index is -4.35. The lowest BCUT2D eigenvalue weighted by molar-refractivity contribution is -0.143. The van der Waals surface area contributed by atoms with Crippen LogP contribution < -0.4 is 10.0 Å². The smallest absolute Gasteiger partial charge is 0.324 e. The molecular weight excluding hydrogens is 524 g/mol. The van der Waals surface area contributed by atoms with Crippen LogP contribution in [-0.4, -0.2) is 48.3 Å². The van der Waals surface area contributed by atoms with E-state index in [4.69, 9.17) is 4.74 Å². The van der Waals surface area contributed by atoms with Gasteiger partial charge in [-0.3, -0.25) is 14.6 Å². The first-order chi connectivity index (χ1) is 18.2. The number of rotatable bonds is 9. The number of pyridine rings is 1. The number of nitrogens with one attached hydrogen (secondary N) is 2. The number of allylic oxidation sites excluding steroid dienone is 2. The van der Waals surface area contributed by atoms with Crippen LogP contribution in [0.3, 0.4) is 0 Å². The maximum absolute atomic E-state index is 13.8. The Balaban J connectivity index is 1.67. The Morgan fingerprint density at radius 1 is 1.08 bits per heavy atom. The van der Waals surface area contributed by atoms with Gasteiger partial charge in [0.15, 0.2) is 4.87 Å². The Morgan fingerprint density at radius 3 is 2.39 bits per heavy atom. The molecule has 2 N–H and O–H groups in total. The van der Waals surface area contributed by atoms with Gasteiger partial charge in [-0.2, -0.15) is 4.72 Å². The van der Waals surface area contributed by atoms with Crippen LogP contribution in [0.15, 0.2) is 78.5 Å². The van der Waals surface area contributed by atoms with Crippen LogP contribution in [-0.2, 0) is 19.6 Å². The van der Waals surface area contributed by atoms with Gasteiger partial charge in [-0.1, -0.05) is 56.3 Å². The fourth-order valence-electron chi connectivity index (χ4n) is 3.94. The summed E-state index contributed by atoms with van der Waals surface area (Å²) in [6.07, 6.45) is 8.03. The molecule has 0 bridgehead atoms. The Kier molecular flexibility index (Phi) is 8.20. The van der Waals surface area contributed by atoms with Crippen molar-refractivity contribution in [3.8, 4) is 10.6 Å². The van der Waals surface area contributed by atoms with Crippen LogP contribution in [0.2, 0.25) is 0 Å². The summed E-state index contributed by atoms with van der Waals surface area (Å²) in [5.74, 6) is -1.77. The van der Waals surface area contributed by atoms with Crippen LogP contribution >= 0.6 is 11.3 Å². The number of hydrogen-bond donors (Lipinski definition) is 2. The van der Waals surface area contributed by atoms with Gasteiger partial charge in [0.2, 0.25) is 10.0 Å². The molecule has 2 atom stereocenters. The first-order valence-electron chi connectivity index (χ1n) is 11.9. The lowest BCUT2D eigenvalue weighted by Crippen LogP contribution is -2.60. The molecule has 0 radical (unpaired) electrons. The van der Waals surface area contributed by atoms with Gasteiger partial charge in [0.1, 0.15) is 16.7 Å². The molecule has 9 nitrogen and oxygen atoms in total. The van der Waals surface area contributed by atoms with E-state index in [1.165, 1.54) is 24.5 Å². The number of esters is 1. The second-order valence-electron chi connectivity index (χ2n) is 9.05. The van der Waals surface area contributed by atoms with Gasteiger partial charge in [-0.15, -0.1) is 11.3 Å². The molecule has 1 amide bonds. The number of methoxy groups -OCH3 is 1. The highest BCUT2D eigenvalue weighted by atomic mass is 32.2. The van der Waals surface area contributed by atoms with E-state index < -0.39 is 38.7 Å². The summed E-state index contributed by atoms with van der Waals surface area (Å²) in [6.45, 7) is 3.41. The van der Waals surface area contributed by atoms with E-state index in [0.29, 0.717) is 5.01 Å². The monoisotopic (exact) mass is 552 g/mol. The number of thiazole rings is 1. The first-order valence-corrected chi connectivity index (χ1v) is 14.2. The SMILES string of the molecule is COC(=O)[C@@H](NS(=O)(=O)C1(NC(=O)c2csc(-c3ccncc3)n2)C=CC(c2ccccc2)=CC1)C(C)C. The predicted molar refractivity (Wildman–Crippen MR) is 146 cm³/mol. The molecule has 1 unspecified atom stereocenters. The van der Waals surface area contributed by atoms with E-state index >= 15 is 0 Å². The maximum atomic E-state index is 13.8. The van der Waals surface area contributed by atoms with Gasteiger partial charge in [0, 0.05) is 29.8 Å². The Labute approximate surface area is 225 Å². The number of amides is 1. The van der Waals surface area contributed by atoms with Crippen molar-refractivity contribution in [1.29, 1.82) is 0 Å². The van der Waals surface area contributed by atoms with Gasteiger partial charge in [-0.25, -0.2) is 13.4 Å². The van der Waals surface area contributed by atoms with Crippen LogP contribution in [0.25, 0.3) is 16.1 Å². The van der Waals surface area contributed by atoms with E-state index in [0.717, 1.165) is 16.7 Å². The van der Waals surface area contributed by atoms with Gasteiger partial charge in [-0.05, 0) is 35.3 Å². The van der Waals surface area contributed by atoms with Crippen LogP contribution in [0.5, 0.6) is 0 Å². The molecule has 3 aromatic rings. The zero-order chi connectivity index (χ0) is 27.3. The number of nitrogens with zero attached hydrogens (tertiary/aromatic N) is 2. The first kappa shape index (κ1) is 27.4. The molecule has 38 heavy (non-hydrogen) atoms. The Morgan fingerprint density at radius 2 is 1.79 bits per heavy atom. The van der Waals surface area contributed by atoms with Gasteiger partial charge in [0.25, 0.3) is 5.91 Å². The number of benzene rings is 1. The molecule has 198 valence electrons. The third kappa shape index (κ3) is 5.74. The fraction of sp³-hybridized carbons (Fsp3) is 0.259. The van der Waals surface area contributed by atoms with Crippen molar-refractivity contribution in [3.63, 3.8) is 0 Å². The minimum absolute atomic E-state index is 0.0673. The van der Waals surface area contributed by atoms with E-state index in [1.807, 2.05) is 30.3 Å². The summed E-state index contributed by atoms with van der Waals surface area (Å²) in [4.78, 5) is 32.2. The van der Waals surface area contributed by atoms with E-state index in [-0.39, 0.29) is 12.1 Å². The molecule has 0 aliphatic heterocycles. The molecule has 0 fully saturated rings. The van der Waals surface area contributed by atoms with Crippen LogP contribution in [0.1, 0.15) is 36.3 Å². The van der Waals surface area contributed by atoms with Crippen molar-refractivity contribution in [2.75, 3.05) is 7.11 Å². The zero-order valence-electron chi connectivity index (χ0n) is 21.1. The summed E-state index contributed by atoms with van der Waals surface area (Å²) in [6, 6.07) is 11.9. The van der Waals surface area contributed by atoms with Crippen molar-refractivity contribution < 1.29 is 22.7 Å². The summed E-state index contributed by atoms with van der Waals surface area (Å²) in [7, 11) is -3.15. The van der Waals surface area contributed by atoms with Gasteiger partial charge in [0.05, 0.1) is 7.11 Å². The standard InChI is InChI=1S/C27H28N4O5S2/c1-18(2)23(26(33)36-3)31-38(34,35)27(13-9-20(10-14-27)19-7-5-4-6-8-19)30-24(32)22-17-37-25(29-22)21-11-15-28-16-12-21/h4-13,15-18,23,31H,14H2,1-3H3,(H,30,32)/t23-,27?/m0/s1. The molecule has 2 aromatic heterocycles. The number of hydrogen-bond acceptors (Lipinski definition) is 8. The number of ether oxygens (including phenoxy) is 1. The largest absolute Gasteiger partial charge is 0.468 e. The second kappa shape index (κ2) is 11.4. The number of aromatic nitrogens is 2. The lowest BCUT2D eigenvalue weighted by Gasteiger charge is -2.34. The highest BCUT2D eigenvalue weighted by Gasteiger charge is 2.46. The molecule has 1 aromatic carbocycles. The number of carbonyl (C=O) groups excluding carboxylic acids is 2. The summed E-state index contributed by atoms with van der Waals surface area (Å²) in [5, 5.41) is 4.86. The zero-order valence-corrected chi connectivity index (χ0v) is 22.8.